The van der Waals surface area contributed by atoms with Crippen LogP contribution in [0.25, 0.3) is 0 Å². The first-order valence-electron chi connectivity index (χ1n) is 9.16. The van der Waals surface area contributed by atoms with Crippen LogP contribution in [0, 0.1) is 5.92 Å². The van der Waals surface area contributed by atoms with Gasteiger partial charge in [-0.3, -0.25) is 4.79 Å². The van der Waals surface area contributed by atoms with Gasteiger partial charge in [0, 0.05) is 19.5 Å². The van der Waals surface area contributed by atoms with E-state index in [9.17, 15) is 4.79 Å². The predicted octanol–water partition coefficient (Wildman–Crippen LogP) is 3.68. The zero-order valence-corrected chi connectivity index (χ0v) is 17.3. The summed E-state index contributed by atoms with van der Waals surface area (Å²) in [5, 5.41) is 12.6. The number of carbonyl (C=O) groups excluding carboxylic acids is 1. The summed E-state index contributed by atoms with van der Waals surface area (Å²) >= 11 is 1.62. The standard InChI is InChI=1S/C20H30N4OS/c1-15(2)14-24-17(22-23-19(24)26-5)12-9-13-21-18(25)20(3,4)16-10-7-6-8-11-16/h6-8,10-11,15H,9,12-14H2,1-5H3,(H,21,25). The SMILES string of the molecule is CSc1nnc(CCCNC(=O)C(C)(C)c2ccccc2)n1CC(C)C. The molecule has 1 amide bonds. The number of carbonyl (C=O) groups is 1. The molecule has 0 aliphatic heterocycles. The second-order valence-electron chi connectivity index (χ2n) is 7.46. The van der Waals surface area contributed by atoms with Crippen molar-refractivity contribution in [3.05, 3.63) is 41.7 Å². The molecule has 0 aliphatic rings. The predicted molar refractivity (Wildman–Crippen MR) is 107 cm³/mol. The number of rotatable bonds is 9. The number of nitrogens with one attached hydrogen (secondary N) is 1. The van der Waals surface area contributed by atoms with Gasteiger partial charge in [0.05, 0.1) is 5.41 Å². The minimum Gasteiger partial charge on any atom is -0.355 e. The molecule has 0 spiro atoms. The molecule has 2 aromatic rings. The van der Waals surface area contributed by atoms with Crippen LogP contribution in [0.5, 0.6) is 0 Å². The van der Waals surface area contributed by atoms with Gasteiger partial charge in [-0.15, -0.1) is 10.2 Å². The monoisotopic (exact) mass is 374 g/mol. The Hall–Kier alpha value is -1.82. The summed E-state index contributed by atoms with van der Waals surface area (Å²) < 4.78 is 2.20. The summed E-state index contributed by atoms with van der Waals surface area (Å²) in [5.41, 5.74) is 0.490. The number of amides is 1. The third-order valence-corrected chi connectivity index (χ3v) is 5.12. The largest absolute Gasteiger partial charge is 0.355 e. The average molecular weight is 375 g/mol. The summed E-state index contributed by atoms with van der Waals surface area (Å²) in [7, 11) is 0. The highest BCUT2D eigenvalue weighted by Crippen LogP contribution is 2.23. The molecule has 0 atom stereocenters. The molecule has 0 radical (unpaired) electrons. The molecule has 26 heavy (non-hydrogen) atoms. The number of nitrogens with zero attached hydrogens (tertiary/aromatic N) is 3. The van der Waals surface area contributed by atoms with Crippen LogP contribution in [0.4, 0.5) is 0 Å². The van der Waals surface area contributed by atoms with Crippen molar-refractivity contribution in [2.24, 2.45) is 5.92 Å². The number of hydrogen-bond donors (Lipinski definition) is 1. The van der Waals surface area contributed by atoms with Gasteiger partial charge in [-0.05, 0) is 38.0 Å². The van der Waals surface area contributed by atoms with E-state index in [0.29, 0.717) is 12.5 Å². The quantitative estimate of drug-likeness (QED) is 0.537. The molecular weight excluding hydrogens is 344 g/mol. The van der Waals surface area contributed by atoms with Crippen LogP contribution in [-0.2, 0) is 23.2 Å². The van der Waals surface area contributed by atoms with E-state index in [1.165, 1.54) is 0 Å². The van der Waals surface area contributed by atoms with E-state index in [4.69, 9.17) is 0 Å². The van der Waals surface area contributed by atoms with E-state index < -0.39 is 5.41 Å². The van der Waals surface area contributed by atoms with Crippen molar-refractivity contribution in [3.8, 4) is 0 Å². The minimum atomic E-state index is -0.537. The third kappa shape index (κ3) is 5.10. The molecule has 0 fully saturated rings. The Bertz CT molecular complexity index is 710. The van der Waals surface area contributed by atoms with E-state index in [0.717, 1.165) is 35.9 Å². The lowest BCUT2D eigenvalue weighted by molar-refractivity contribution is -0.125. The van der Waals surface area contributed by atoms with Crippen molar-refractivity contribution in [3.63, 3.8) is 0 Å². The molecule has 6 heteroatoms. The second-order valence-corrected chi connectivity index (χ2v) is 8.23. The van der Waals surface area contributed by atoms with Gasteiger partial charge < -0.3 is 9.88 Å². The molecule has 1 aromatic heterocycles. The van der Waals surface area contributed by atoms with Gasteiger partial charge in [-0.25, -0.2) is 0 Å². The molecule has 5 nitrogen and oxygen atoms in total. The molecule has 0 saturated heterocycles. The topological polar surface area (TPSA) is 59.8 Å². The summed E-state index contributed by atoms with van der Waals surface area (Å²) in [6.07, 6.45) is 3.68. The van der Waals surface area contributed by atoms with Crippen molar-refractivity contribution < 1.29 is 4.79 Å². The molecule has 0 saturated carbocycles. The Labute approximate surface area is 161 Å². The van der Waals surface area contributed by atoms with E-state index in [1.807, 2.05) is 50.4 Å². The number of thioether (sulfide) groups is 1. The van der Waals surface area contributed by atoms with Gasteiger partial charge in [0.2, 0.25) is 5.91 Å². The smallest absolute Gasteiger partial charge is 0.230 e. The second kappa shape index (κ2) is 9.21. The minimum absolute atomic E-state index is 0.0529. The Balaban J connectivity index is 1.89. The lowest BCUT2D eigenvalue weighted by Crippen LogP contribution is -2.40. The van der Waals surface area contributed by atoms with Gasteiger partial charge in [-0.2, -0.15) is 0 Å². The van der Waals surface area contributed by atoms with Crippen molar-refractivity contribution in [2.75, 3.05) is 12.8 Å². The molecular formula is C20H30N4OS. The molecule has 0 bridgehead atoms. The Morgan fingerprint density at radius 1 is 1.23 bits per heavy atom. The zero-order valence-electron chi connectivity index (χ0n) is 16.5. The van der Waals surface area contributed by atoms with Crippen LogP contribution in [0.15, 0.2) is 35.5 Å². The van der Waals surface area contributed by atoms with Crippen LogP contribution < -0.4 is 5.32 Å². The molecule has 2 rings (SSSR count). The zero-order chi connectivity index (χ0) is 19.2. The summed E-state index contributed by atoms with van der Waals surface area (Å²) in [6.45, 7) is 9.87. The van der Waals surface area contributed by atoms with Gasteiger partial charge in [0.25, 0.3) is 0 Å². The highest BCUT2D eigenvalue weighted by molar-refractivity contribution is 7.98. The normalized spacial score (nSPS) is 11.8. The fourth-order valence-electron chi connectivity index (χ4n) is 2.86. The molecule has 1 heterocycles. The van der Waals surface area contributed by atoms with E-state index in [1.54, 1.807) is 11.8 Å². The summed E-state index contributed by atoms with van der Waals surface area (Å²) in [4.78, 5) is 12.6. The maximum Gasteiger partial charge on any atom is 0.230 e. The van der Waals surface area contributed by atoms with E-state index >= 15 is 0 Å². The Morgan fingerprint density at radius 3 is 2.54 bits per heavy atom. The first-order valence-corrected chi connectivity index (χ1v) is 10.4. The fourth-order valence-corrected chi connectivity index (χ4v) is 3.38. The summed E-state index contributed by atoms with van der Waals surface area (Å²) in [6, 6.07) is 9.90. The van der Waals surface area contributed by atoms with Crippen LogP contribution in [-0.4, -0.2) is 33.5 Å². The number of benzene rings is 1. The van der Waals surface area contributed by atoms with Crippen molar-refractivity contribution in [1.82, 2.24) is 20.1 Å². The van der Waals surface area contributed by atoms with Crippen LogP contribution in [0.1, 0.15) is 45.5 Å². The third-order valence-electron chi connectivity index (χ3n) is 4.45. The number of hydrogen-bond acceptors (Lipinski definition) is 4. The number of aromatic nitrogens is 3. The van der Waals surface area contributed by atoms with Crippen LogP contribution in [0.3, 0.4) is 0 Å². The average Bonchev–Trinajstić information content (AvgIpc) is 3.00. The Kier molecular flexibility index (Phi) is 7.26. The van der Waals surface area contributed by atoms with Crippen LogP contribution >= 0.6 is 11.8 Å². The first kappa shape index (κ1) is 20.5. The van der Waals surface area contributed by atoms with Crippen molar-refractivity contribution in [1.29, 1.82) is 0 Å². The van der Waals surface area contributed by atoms with Gasteiger partial charge >= 0.3 is 0 Å². The van der Waals surface area contributed by atoms with Gasteiger partial charge in [-0.1, -0.05) is 55.9 Å². The lowest BCUT2D eigenvalue weighted by Gasteiger charge is -2.24. The molecule has 0 unspecified atom stereocenters. The van der Waals surface area contributed by atoms with Crippen molar-refractivity contribution >= 4 is 17.7 Å². The number of aryl methyl sites for hydroxylation is 1. The van der Waals surface area contributed by atoms with Crippen LogP contribution in [0.2, 0.25) is 0 Å². The van der Waals surface area contributed by atoms with Crippen molar-refractivity contribution in [2.45, 2.75) is 57.7 Å². The van der Waals surface area contributed by atoms with Gasteiger partial charge in [0.15, 0.2) is 5.16 Å². The van der Waals surface area contributed by atoms with E-state index in [-0.39, 0.29) is 5.91 Å². The van der Waals surface area contributed by atoms with Gasteiger partial charge in [0.1, 0.15) is 5.82 Å². The summed E-state index contributed by atoms with van der Waals surface area (Å²) in [5.74, 6) is 1.60. The molecule has 142 valence electrons. The van der Waals surface area contributed by atoms with E-state index in [2.05, 4.69) is 33.9 Å². The lowest BCUT2D eigenvalue weighted by atomic mass is 9.84. The Morgan fingerprint density at radius 2 is 1.92 bits per heavy atom. The highest BCUT2D eigenvalue weighted by Gasteiger charge is 2.29. The maximum absolute atomic E-state index is 12.6. The maximum atomic E-state index is 12.6. The fraction of sp³-hybridized carbons (Fsp3) is 0.550. The molecule has 1 N–H and O–H groups in total. The highest BCUT2D eigenvalue weighted by atomic mass is 32.2. The molecule has 1 aromatic carbocycles. The molecule has 0 aliphatic carbocycles. The first-order chi connectivity index (χ1) is 12.4.